The van der Waals surface area contributed by atoms with Crippen LogP contribution in [0.25, 0.3) is 10.2 Å². The maximum Gasteiger partial charge on any atom is 0.283 e. The zero-order chi connectivity index (χ0) is 22.8. The van der Waals surface area contributed by atoms with Gasteiger partial charge in [-0.3, -0.25) is 25.2 Å². The molecule has 0 atom stereocenters. The van der Waals surface area contributed by atoms with Crippen molar-refractivity contribution in [2.24, 2.45) is 4.99 Å². The third-order valence-electron chi connectivity index (χ3n) is 4.79. The van der Waals surface area contributed by atoms with Crippen molar-refractivity contribution in [2.75, 3.05) is 0 Å². The van der Waals surface area contributed by atoms with Crippen LogP contribution in [0.4, 0.5) is 17.1 Å². The maximum atomic E-state index is 11.7. The Labute approximate surface area is 191 Å². The van der Waals surface area contributed by atoms with E-state index in [-0.39, 0.29) is 11.4 Å². The van der Waals surface area contributed by atoms with Crippen molar-refractivity contribution >= 4 is 56.6 Å². The fourth-order valence-corrected chi connectivity index (χ4v) is 5.08. The number of fused-ring (bicyclic) bond motifs is 1. The highest BCUT2D eigenvalue weighted by atomic mass is 32.2. The lowest BCUT2D eigenvalue weighted by molar-refractivity contribution is -0.387. The smallest absolute Gasteiger partial charge is 0.258 e. The van der Waals surface area contributed by atoms with E-state index in [1.165, 1.54) is 35.1 Å². The number of rotatable bonds is 6. The summed E-state index contributed by atoms with van der Waals surface area (Å²) in [6.45, 7) is 4.03. The van der Waals surface area contributed by atoms with Crippen molar-refractivity contribution in [1.29, 1.82) is 0 Å². The summed E-state index contributed by atoms with van der Waals surface area (Å²) in [4.78, 5) is 31.0. The zero-order valence-corrected chi connectivity index (χ0v) is 18.6. The first-order chi connectivity index (χ1) is 15.3. The van der Waals surface area contributed by atoms with Crippen molar-refractivity contribution < 1.29 is 9.85 Å². The number of non-ortho nitro benzene ring substituents is 1. The number of hydrogen-bond acceptors (Lipinski definition) is 8. The fraction of sp³-hybridized carbons (Fsp3) is 0.0909. The van der Waals surface area contributed by atoms with Gasteiger partial charge < -0.3 is 0 Å². The Bertz CT molecular complexity index is 1400. The molecular weight excluding hydrogens is 448 g/mol. The van der Waals surface area contributed by atoms with E-state index in [0.29, 0.717) is 25.0 Å². The minimum absolute atomic E-state index is 0.0175. The van der Waals surface area contributed by atoms with E-state index in [0.717, 1.165) is 23.0 Å². The molecule has 1 heterocycles. The fourth-order valence-electron chi connectivity index (χ4n) is 2.94. The highest BCUT2D eigenvalue weighted by Crippen LogP contribution is 2.39. The third kappa shape index (κ3) is 4.66. The molecule has 0 aliphatic rings. The SMILES string of the molecule is Cc1ccc(N=Cc2ccc(Sc3nc4ccc([N+](=O)[O-])cc4s3)c([N+](=O)[O-])c2)cc1C. The van der Waals surface area contributed by atoms with Gasteiger partial charge >= 0.3 is 0 Å². The molecule has 3 aromatic carbocycles. The number of aryl methyl sites for hydroxylation is 2. The summed E-state index contributed by atoms with van der Waals surface area (Å²) in [5, 5.41) is 22.6. The number of benzene rings is 3. The van der Waals surface area contributed by atoms with Crippen LogP contribution >= 0.6 is 23.1 Å². The first-order valence-electron chi connectivity index (χ1n) is 9.43. The van der Waals surface area contributed by atoms with Crippen molar-refractivity contribution in [3.63, 3.8) is 0 Å². The lowest BCUT2D eigenvalue weighted by atomic mass is 10.1. The molecule has 8 nitrogen and oxygen atoms in total. The molecular formula is C22H16N4O4S2. The van der Waals surface area contributed by atoms with Crippen LogP contribution in [0, 0.1) is 34.1 Å². The van der Waals surface area contributed by atoms with Gasteiger partial charge in [-0.05, 0) is 54.8 Å². The Morgan fingerprint density at radius 2 is 1.78 bits per heavy atom. The summed E-state index contributed by atoms with van der Waals surface area (Å²) < 4.78 is 1.22. The van der Waals surface area contributed by atoms with Gasteiger partial charge in [0.25, 0.3) is 11.4 Å². The normalized spacial score (nSPS) is 11.3. The molecule has 0 unspecified atom stereocenters. The third-order valence-corrected chi connectivity index (χ3v) is 6.94. The molecule has 32 heavy (non-hydrogen) atoms. The van der Waals surface area contributed by atoms with Gasteiger partial charge in [0.2, 0.25) is 0 Å². The minimum Gasteiger partial charge on any atom is -0.258 e. The maximum absolute atomic E-state index is 11.7. The van der Waals surface area contributed by atoms with Gasteiger partial charge in [0, 0.05) is 24.4 Å². The minimum atomic E-state index is -0.463. The molecule has 0 aliphatic heterocycles. The van der Waals surface area contributed by atoms with Gasteiger partial charge in [-0.2, -0.15) is 0 Å². The summed E-state index contributed by atoms with van der Waals surface area (Å²) >= 11 is 2.42. The largest absolute Gasteiger partial charge is 0.283 e. The van der Waals surface area contributed by atoms with E-state index in [1.54, 1.807) is 24.4 Å². The van der Waals surface area contributed by atoms with Crippen LogP contribution in [-0.4, -0.2) is 21.0 Å². The molecule has 0 fully saturated rings. The predicted molar refractivity (Wildman–Crippen MR) is 127 cm³/mol. The highest BCUT2D eigenvalue weighted by Gasteiger charge is 2.18. The second-order valence-corrected chi connectivity index (χ2v) is 9.32. The van der Waals surface area contributed by atoms with E-state index in [2.05, 4.69) is 9.98 Å². The van der Waals surface area contributed by atoms with Crippen LogP contribution < -0.4 is 0 Å². The molecule has 0 amide bonds. The molecule has 160 valence electrons. The number of thiazole rings is 1. The molecule has 0 spiro atoms. The number of aliphatic imine (C=N–C) groups is 1. The summed E-state index contributed by atoms with van der Waals surface area (Å²) in [7, 11) is 0. The van der Waals surface area contributed by atoms with E-state index in [1.807, 2.05) is 32.0 Å². The van der Waals surface area contributed by atoms with Crippen molar-refractivity contribution in [3.05, 3.63) is 91.5 Å². The van der Waals surface area contributed by atoms with Crippen molar-refractivity contribution in [1.82, 2.24) is 4.98 Å². The van der Waals surface area contributed by atoms with E-state index >= 15 is 0 Å². The molecule has 4 rings (SSSR count). The summed E-state index contributed by atoms with van der Waals surface area (Å²) in [5.41, 5.74) is 4.23. The van der Waals surface area contributed by atoms with Crippen molar-refractivity contribution in [3.8, 4) is 0 Å². The lowest BCUT2D eigenvalue weighted by Gasteiger charge is -2.03. The Hall–Kier alpha value is -3.63. The van der Waals surface area contributed by atoms with Crippen molar-refractivity contribution in [2.45, 2.75) is 23.1 Å². The molecule has 0 N–H and O–H groups in total. The van der Waals surface area contributed by atoms with Crippen LogP contribution in [0.2, 0.25) is 0 Å². The Morgan fingerprint density at radius 3 is 2.50 bits per heavy atom. The van der Waals surface area contributed by atoms with Gasteiger partial charge in [-0.25, -0.2) is 4.98 Å². The summed E-state index contributed by atoms with van der Waals surface area (Å²) in [6.07, 6.45) is 1.60. The quantitative estimate of drug-likeness (QED) is 0.180. The Morgan fingerprint density at radius 1 is 0.969 bits per heavy atom. The van der Waals surface area contributed by atoms with E-state index in [9.17, 15) is 20.2 Å². The molecule has 0 radical (unpaired) electrons. The zero-order valence-electron chi connectivity index (χ0n) is 17.0. The molecule has 0 bridgehead atoms. The van der Waals surface area contributed by atoms with Gasteiger partial charge in [0.05, 0.1) is 30.6 Å². The first-order valence-corrected chi connectivity index (χ1v) is 11.1. The first kappa shape index (κ1) is 21.6. The summed E-state index contributed by atoms with van der Waals surface area (Å²) in [5.74, 6) is 0. The van der Waals surface area contributed by atoms with Crippen LogP contribution in [-0.2, 0) is 0 Å². The monoisotopic (exact) mass is 464 g/mol. The Kier molecular flexibility index (Phi) is 5.97. The Balaban J connectivity index is 1.61. The van der Waals surface area contributed by atoms with E-state index in [4.69, 9.17) is 0 Å². The second kappa shape index (κ2) is 8.85. The van der Waals surface area contributed by atoms with Crippen LogP contribution in [0.1, 0.15) is 16.7 Å². The van der Waals surface area contributed by atoms with Crippen LogP contribution in [0.3, 0.4) is 0 Å². The number of aromatic nitrogens is 1. The van der Waals surface area contributed by atoms with Crippen LogP contribution in [0.15, 0.2) is 68.8 Å². The average Bonchev–Trinajstić information content (AvgIpc) is 3.16. The average molecular weight is 465 g/mol. The predicted octanol–water partition coefficient (Wildman–Crippen LogP) is 6.63. The summed E-state index contributed by atoms with van der Waals surface area (Å²) in [6, 6.07) is 15.2. The van der Waals surface area contributed by atoms with Gasteiger partial charge in [-0.1, -0.05) is 23.9 Å². The lowest BCUT2D eigenvalue weighted by Crippen LogP contribution is -1.93. The molecule has 0 saturated heterocycles. The van der Waals surface area contributed by atoms with E-state index < -0.39 is 9.85 Å². The molecule has 4 aromatic rings. The van der Waals surface area contributed by atoms with Gasteiger partial charge in [-0.15, -0.1) is 11.3 Å². The second-order valence-electron chi connectivity index (χ2n) is 7.00. The molecule has 0 saturated carbocycles. The number of hydrogen-bond donors (Lipinski definition) is 0. The topological polar surface area (TPSA) is 112 Å². The molecule has 1 aromatic heterocycles. The number of nitrogens with zero attached hydrogens (tertiary/aromatic N) is 4. The molecule has 10 heteroatoms. The van der Waals surface area contributed by atoms with Crippen LogP contribution in [0.5, 0.6) is 0 Å². The van der Waals surface area contributed by atoms with Gasteiger partial charge in [0.15, 0.2) is 4.34 Å². The number of nitro groups is 2. The number of nitro benzene ring substituents is 2. The molecule has 0 aliphatic carbocycles. The van der Waals surface area contributed by atoms with Gasteiger partial charge in [0.1, 0.15) is 0 Å². The highest BCUT2D eigenvalue weighted by molar-refractivity contribution is 8.01. The standard InChI is InChI=1S/C22H16N4O4S2/c1-13-3-5-16(9-14(13)2)23-12-15-4-8-20(19(10-15)26(29)30)31-22-24-18-7-6-17(25(27)28)11-21(18)32-22/h3-12H,1-2H3.